The second-order valence-corrected chi connectivity index (χ2v) is 3.00. The predicted octanol–water partition coefficient (Wildman–Crippen LogP) is -0.0294. The van der Waals surface area contributed by atoms with Gasteiger partial charge >= 0.3 is 0 Å². The van der Waals surface area contributed by atoms with Gasteiger partial charge in [0.1, 0.15) is 5.76 Å². The van der Waals surface area contributed by atoms with Gasteiger partial charge in [-0.3, -0.25) is 4.99 Å². The quantitative estimate of drug-likeness (QED) is 0.528. The van der Waals surface area contributed by atoms with Crippen LogP contribution in [-0.4, -0.2) is 30.9 Å². The zero-order chi connectivity index (χ0) is 11.3. The molecular weight excluding hydrogens is 194 g/mol. The summed E-state index contributed by atoms with van der Waals surface area (Å²) in [6, 6.07) is 3.70. The first kappa shape index (κ1) is 11.1. The Balaban J connectivity index is 2.67. The molecule has 0 amide bonds. The molecule has 0 saturated carbocycles. The molecule has 6 nitrogen and oxygen atoms in total. The maximum absolute atomic E-state index is 5.28. The van der Waals surface area contributed by atoms with Crippen molar-refractivity contribution in [1.29, 1.82) is 0 Å². The molecule has 0 bridgehead atoms. The van der Waals surface area contributed by atoms with Gasteiger partial charge in [0.25, 0.3) is 0 Å². The molecule has 15 heavy (non-hydrogen) atoms. The number of aliphatic imine (C=N–C) groups is 2. The fourth-order valence-electron chi connectivity index (χ4n) is 1.13. The molecule has 0 aliphatic heterocycles. The molecular formula is C9H15N5O. The summed E-state index contributed by atoms with van der Waals surface area (Å²) in [5, 5.41) is 0. The minimum atomic E-state index is -0.0121. The maximum atomic E-state index is 5.28. The van der Waals surface area contributed by atoms with E-state index in [-0.39, 0.29) is 5.96 Å². The summed E-state index contributed by atoms with van der Waals surface area (Å²) in [6.45, 7) is 0.566. The lowest BCUT2D eigenvalue weighted by molar-refractivity contribution is 0.407. The van der Waals surface area contributed by atoms with Crippen molar-refractivity contribution < 1.29 is 4.42 Å². The number of nitrogens with two attached hydrogens (primary N) is 2. The minimum absolute atomic E-state index is 0.0121. The monoisotopic (exact) mass is 209 g/mol. The topological polar surface area (TPSA) is 93.1 Å². The third kappa shape index (κ3) is 3.34. The molecule has 0 aliphatic carbocycles. The van der Waals surface area contributed by atoms with Crippen LogP contribution in [0.2, 0.25) is 0 Å². The van der Waals surface area contributed by atoms with E-state index in [4.69, 9.17) is 15.9 Å². The molecule has 0 radical (unpaired) electrons. The fraction of sp³-hybridized carbons (Fsp3) is 0.333. The summed E-state index contributed by atoms with van der Waals surface area (Å²) in [5.41, 5.74) is 10.6. The SMILES string of the molecule is CN=C(N=C(N)N)N(C)Cc1ccco1. The van der Waals surface area contributed by atoms with Gasteiger partial charge in [0.05, 0.1) is 12.8 Å². The average molecular weight is 209 g/mol. The first-order valence-corrected chi connectivity index (χ1v) is 4.43. The molecule has 6 heteroatoms. The van der Waals surface area contributed by atoms with Crippen molar-refractivity contribution >= 4 is 11.9 Å². The summed E-state index contributed by atoms with van der Waals surface area (Å²) < 4.78 is 5.20. The van der Waals surface area contributed by atoms with Crippen LogP contribution in [-0.2, 0) is 6.54 Å². The van der Waals surface area contributed by atoms with Gasteiger partial charge in [0.15, 0.2) is 5.96 Å². The highest BCUT2D eigenvalue weighted by molar-refractivity contribution is 5.93. The summed E-state index contributed by atoms with van der Waals surface area (Å²) in [5.74, 6) is 1.28. The summed E-state index contributed by atoms with van der Waals surface area (Å²) >= 11 is 0. The first-order chi connectivity index (χ1) is 7.13. The molecule has 0 atom stereocenters. The van der Waals surface area contributed by atoms with E-state index in [9.17, 15) is 0 Å². The van der Waals surface area contributed by atoms with Gasteiger partial charge < -0.3 is 20.8 Å². The van der Waals surface area contributed by atoms with Crippen LogP contribution in [0.25, 0.3) is 0 Å². The summed E-state index contributed by atoms with van der Waals surface area (Å²) in [7, 11) is 3.46. The molecule has 0 aliphatic rings. The van der Waals surface area contributed by atoms with Crippen LogP contribution in [0.3, 0.4) is 0 Å². The van der Waals surface area contributed by atoms with E-state index in [2.05, 4.69) is 9.98 Å². The van der Waals surface area contributed by atoms with E-state index in [0.717, 1.165) is 5.76 Å². The van der Waals surface area contributed by atoms with Crippen LogP contribution in [0.5, 0.6) is 0 Å². The molecule has 1 aromatic rings. The molecule has 4 N–H and O–H groups in total. The van der Waals surface area contributed by atoms with E-state index in [1.165, 1.54) is 0 Å². The third-order valence-electron chi connectivity index (χ3n) is 1.74. The smallest absolute Gasteiger partial charge is 0.223 e. The highest BCUT2D eigenvalue weighted by Gasteiger charge is 2.07. The third-order valence-corrected chi connectivity index (χ3v) is 1.74. The standard InChI is InChI=1S/C9H15N5O/c1-12-9(13-8(10)11)14(2)6-7-4-3-5-15-7/h3-5H,6H2,1-2H3,(H4,10,11,12,13). The Morgan fingerprint density at radius 2 is 2.27 bits per heavy atom. The van der Waals surface area contributed by atoms with E-state index in [0.29, 0.717) is 12.5 Å². The zero-order valence-corrected chi connectivity index (χ0v) is 8.84. The molecule has 82 valence electrons. The number of hydrogen-bond acceptors (Lipinski definition) is 2. The average Bonchev–Trinajstić information content (AvgIpc) is 2.66. The summed E-state index contributed by atoms with van der Waals surface area (Å²) in [4.78, 5) is 9.63. The van der Waals surface area contributed by atoms with Crippen molar-refractivity contribution in [3.63, 3.8) is 0 Å². The van der Waals surface area contributed by atoms with Crippen LogP contribution in [0.4, 0.5) is 0 Å². The van der Waals surface area contributed by atoms with E-state index in [1.54, 1.807) is 18.2 Å². The predicted molar refractivity (Wildman–Crippen MR) is 59.3 cm³/mol. The second kappa shape index (κ2) is 5.04. The maximum Gasteiger partial charge on any atom is 0.223 e. The normalized spacial score (nSPS) is 11.2. The molecule has 0 unspecified atom stereocenters. The van der Waals surface area contributed by atoms with Crippen molar-refractivity contribution in [3.8, 4) is 0 Å². The number of nitrogens with zero attached hydrogens (tertiary/aromatic N) is 3. The van der Waals surface area contributed by atoms with Crippen molar-refractivity contribution in [3.05, 3.63) is 24.2 Å². The lowest BCUT2D eigenvalue weighted by Gasteiger charge is -2.16. The Morgan fingerprint density at radius 1 is 1.53 bits per heavy atom. The molecule has 0 fully saturated rings. The number of guanidine groups is 2. The van der Waals surface area contributed by atoms with Gasteiger partial charge in [-0.05, 0) is 12.1 Å². The van der Waals surface area contributed by atoms with Crippen LogP contribution in [0.15, 0.2) is 32.8 Å². The Bertz CT molecular complexity index is 351. The van der Waals surface area contributed by atoms with Crippen LogP contribution in [0.1, 0.15) is 5.76 Å². The van der Waals surface area contributed by atoms with Gasteiger partial charge in [-0.2, -0.15) is 4.99 Å². The van der Waals surface area contributed by atoms with Gasteiger partial charge in [0.2, 0.25) is 5.96 Å². The van der Waals surface area contributed by atoms with Crippen molar-refractivity contribution in [2.24, 2.45) is 21.5 Å². The van der Waals surface area contributed by atoms with Gasteiger partial charge in [0, 0.05) is 14.1 Å². The Labute approximate surface area is 88.3 Å². The number of rotatable bonds is 2. The lowest BCUT2D eigenvalue weighted by atomic mass is 10.4. The van der Waals surface area contributed by atoms with Gasteiger partial charge in [-0.1, -0.05) is 0 Å². The largest absolute Gasteiger partial charge is 0.467 e. The van der Waals surface area contributed by atoms with Crippen molar-refractivity contribution in [2.75, 3.05) is 14.1 Å². The van der Waals surface area contributed by atoms with E-state index < -0.39 is 0 Å². The Morgan fingerprint density at radius 3 is 2.73 bits per heavy atom. The number of furan rings is 1. The molecule has 1 heterocycles. The van der Waals surface area contributed by atoms with E-state index >= 15 is 0 Å². The number of hydrogen-bond donors (Lipinski definition) is 2. The molecule has 0 aromatic carbocycles. The summed E-state index contributed by atoms with van der Waals surface area (Å²) in [6.07, 6.45) is 1.62. The fourth-order valence-corrected chi connectivity index (χ4v) is 1.13. The Kier molecular flexibility index (Phi) is 3.73. The first-order valence-electron chi connectivity index (χ1n) is 4.43. The highest BCUT2D eigenvalue weighted by atomic mass is 16.3. The lowest BCUT2D eigenvalue weighted by Crippen LogP contribution is -2.30. The van der Waals surface area contributed by atoms with Crippen molar-refractivity contribution in [1.82, 2.24) is 4.90 Å². The van der Waals surface area contributed by atoms with Gasteiger partial charge in [-0.15, -0.1) is 0 Å². The molecule has 1 aromatic heterocycles. The second-order valence-electron chi connectivity index (χ2n) is 3.00. The molecule has 1 rings (SSSR count). The molecule has 0 spiro atoms. The van der Waals surface area contributed by atoms with Gasteiger partial charge in [-0.25, -0.2) is 0 Å². The van der Waals surface area contributed by atoms with Crippen LogP contribution >= 0.6 is 0 Å². The van der Waals surface area contributed by atoms with Crippen molar-refractivity contribution in [2.45, 2.75) is 6.54 Å². The Hall–Kier alpha value is -1.98. The highest BCUT2D eigenvalue weighted by Crippen LogP contribution is 2.04. The van der Waals surface area contributed by atoms with Crippen LogP contribution in [0, 0.1) is 0 Å². The zero-order valence-electron chi connectivity index (χ0n) is 8.84. The minimum Gasteiger partial charge on any atom is -0.467 e. The molecule has 0 saturated heterocycles. The van der Waals surface area contributed by atoms with E-state index in [1.807, 2.05) is 19.2 Å². The van der Waals surface area contributed by atoms with Crippen LogP contribution < -0.4 is 11.5 Å².